The Balaban J connectivity index is 0.000000528. The van der Waals surface area contributed by atoms with E-state index in [0.29, 0.717) is 0 Å². The van der Waals surface area contributed by atoms with Gasteiger partial charge in [-0.25, -0.2) is 0 Å². The molecule has 0 spiro atoms. The van der Waals surface area contributed by atoms with Crippen molar-refractivity contribution in [3.8, 4) is 11.1 Å². The molecule has 98 valence electrons. The van der Waals surface area contributed by atoms with Gasteiger partial charge in [0.1, 0.15) is 0 Å². The summed E-state index contributed by atoms with van der Waals surface area (Å²) in [7, 11) is 0. The molecule has 4 rings (SSSR count). The molecular formula is C19H22. The molecule has 0 bridgehead atoms. The summed E-state index contributed by atoms with van der Waals surface area (Å²) in [6.45, 7) is 6.23. The lowest BCUT2D eigenvalue weighted by molar-refractivity contribution is 0.874. The summed E-state index contributed by atoms with van der Waals surface area (Å²) in [6.07, 6.45) is 4.89. The highest BCUT2D eigenvalue weighted by Gasteiger charge is 2.25. The molecule has 2 aromatic rings. The smallest absolute Gasteiger partial charge is 0.0114 e. The van der Waals surface area contributed by atoms with E-state index in [4.69, 9.17) is 0 Å². The second kappa shape index (κ2) is 4.85. The van der Waals surface area contributed by atoms with Crippen LogP contribution in [0.3, 0.4) is 0 Å². The Morgan fingerprint density at radius 3 is 1.63 bits per heavy atom. The number of benzene rings is 2. The summed E-state index contributed by atoms with van der Waals surface area (Å²) >= 11 is 0. The number of aryl methyl sites for hydroxylation is 5. The van der Waals surface area contributed by atoms with E-state index in [1.165, 1.54) is 31.2 Å². The highest BCUT2D eigenvalue weighted by molar-refractivity contribution is 5.81. The summed E-state index contributed by atoms with van der Waals surface area (Å²) < 4.78 is 0. The van der Waals surface area contributed by atoms with E-state index >= 15 is 0 Å². The maximum atomic E-state index is 2.39. The van der Waals surface area contributed by atoms with Crippen molar-refractivity contribution in [1.82, 2.24) is 0 Å². The van der Waals surface area contributed by atoms with E-state index in [0.717, 1.165) is 0 Å². The molecule has 0 unspecified atom stereocenters. The second-order valence-corrected chi connectivity index (χ2v) is 5.41. The third-order valence-corrected chi connectivity index (χ3v) is 4.26. The van der Waals surface area contributed by atoms with Crippen LogP contribution in [0.4, 0.5) is 0 Å². The normalized spacial score (nSPS) is 14.3. The molecule has 0 saturated heterocycles. The van der Waals surface area contributed by atoms with Crippen molar-refractivity contribution in [2.75, 3.05) is 0 Å². The van der Waals surface area contributed by atoms with Crippen molar-refractivity contribution in [2.45, 2.75) is 46.5 Å². The third kappa shape index (κ3) is 1.90. The predicted molar refractivity (Wildman–Crippen MR) is 82.8 cm³/mol. The van der Waals surface area contributed by atoms with Gasteiger partial charge in [-0.1, -0.05) is 49.7 Å². The van der Waals surface area contributed by atoms with Gasteiger partial charge in [-0.15, -0.1) is 0 Å². The van der Waals surface area contributed by atoms with Crippen LogP contribution in [0.15, 0.2) is 30.3 Å². The fraction of sp³-hybridized carbons (Fsp3) is 0.368. The standard InChI is InChI=1S/C17H16.C2H6/c1-11-9-14-7-5-12-3-2-4-13-6-8-15(10-11)17(14)16(12)13;1-2/h2-4,9-10H,5-8H2,1H3;1-2H3. The van der Waals surface area contributed by atoms with Gasteiger partial charge in [0.15, 0.2) is 0 Å². The molecule has 2 aliphatic rings. The molecule has 0 heterocycles. The Labute approximate surface area is 116 Å². The van der Waals surface area contributed by atoms with Gasteiger partial charge in [-0.2, -0.15) is 0 Å². The first-order valence-electron chi connectivity index (χ1n) is 7.56. The third-order valence-electron chi connectivity index (χ3n) is 4.26. The zero-order valence-electron chi connectivity index (χ0n) is 12.2. The van der Waals surface area contributed by atoms with Crippen LogP contribution >= 0.6 is 0 Å². The van der Waals surface area contributed by atoms with Crippen LogP contribution < -0.4 is 0 Å². The van der Waals surface area contributed by atoms with E-state index in [-0.39, 0.29) is 0 Å². The minimum atomic E-state index is 1.22. The van der Waals surface area contributed by atoms with E-state index < -0.39 is 0 Å². The Morgan fingerprint density at radius 2 is 1.11 bits per heavy atom. The SMILES string of the molecule is CC.Cc1cc2c3c(c1)CCc1cccc(c1-3)CC2. The number of hydrogen-bond acceptors (Lipinski definition) is 0. The van der Waals surface area contributed by atoms with E-state index in [2.05, 4.69) is 37.3 Å². The van der Waals surface area contributed by atoms with Crippen molar-refractivity contribution in [2.24, 2.45) is 0 Å². The summed E-state index contributed by atoms with van der Waals surface area (Å²) in [5.41, 5.74) is 10.9. The monoisotopic (exact) mass is 250 g/mol. The molecule has 2 aliphatic carbocycles. The minimum absolute atomic E-state index is 1.22. The van der Waals surface area contributed by atoms with E-state index in [9.17, 15) is 0 Å². The molecule has 0 amide bonds. The van der Waals surface area contributed by atoms with Crippen molar-refractivity contribution >= 4 is 0 Å². The zero-order valence-corrected chi connectivity index (χ0v) is 12.2. The van der Waals surface area contributed by atoms with Gasteiger partial charge in [0.2, 0.25) is 0 Å². The molecule has 2 aromatic carbocycles. The molecule has 19 heavy (non-hydrogen) atoms. The Kier molecular flexibility index (Phi) is 3.18. The summed E-state index contributed by atoms with van der Waals surface area (Å²) in [5.74, 6) is 0. The van der Waals surface area contributed by atoms with Crippen LogP contribution in [0.25, 0.3) is 11.1 Å². The molecule has 0 N–H and O–H groups in total. The van der Waals surface area contributed by atoms with Crippen molar-refractivity contribution < 1.29 is 0 Å². The minimum Gasteiger partial charge on any atom is -0.0683 e. The quantitative estimate of drug-likeness (QED) is 0.625. The highest BCUT2D eigenvalue weighted by atomic mass is 14.3. The van der Waals surface area contributed by atoms with Crippen LogP contribution in [0.1, 0.15) is 41.7 Å². The van der Waals surface area contributed by atoms with Crippen LogP contribution in [0, 0.1) is 6.92 Å². The summed E-state index contributed by atoms with van der Waals surface area (Å²) in [5, 5.41) is 0. The molecule has 0 nitrogen and oxygen atoms in total. The number of hydrogen-bond donors (Lipinski definition) is 0. The van der Waals surface area contributed by atoms with Gasteiger partial charge < -0.3 is 0 Å². The van der Waals surface area contributed by atoms with Gasteiger partial charge in [-0.05, 0) is 66.0 Å². The molecule has 0 radical (unpaired) electrons. The zero-order chi connectivity index (χ0) is 13.4. The van der Waals surface area contributed by atoms with Crippen LogP contribution in [0.5, 0.6) is 0 Å². The predicted octanol–water partition coefficient (Wildman–Crippen LogP) is 4.89. The van der Waals surface area contributed by atoms with Crippen molar-refractivity contribution in [3.63, 3.8) is 0 Å². The van der Waals surface area contributed by atoms with Gasteiger partial charge in [0.05, 0.1) is 0 Å². The van der Waals surface area contributed by atoms with Gasteiger partial charge in [-0.3, -0.25) is 0 Å². The average molecular weight is 250 g/mol. The highest BCUT2D eigenvalue weighted by Crippen LogP contribution is 2.42. The van der Waals surface area contributed by atoms with E-state index in [1.807, 2.05) is 13.8 Å². The summed E-state index contributed by atoms with van der Waals surface area (Å²) in [6, 6.07) is 11.7. The fourth-order valence-electron chi connectivity index (χ4n) is 3.59. The Hall–Kier alpha value is -1.56. The first-order chi connectivity index (χ1) is 9.33. The van der Waals surface area contributed by atoms with Crippen LogP contribution in [-0.4, -0.2) is 0 Å². The topological polar surface area (TPSA) is 0 Å². The lowest BCUT2D eigenvalue weighted by Crippen LogP contribution is -2.14. The Morgan fingerprint density at radius 1 is 0.684 bits per heavy atom. The molecule has 0 aromatic heterocycles. The van der Waals surface area contributed by atoms with Gasteiger partial charge >= 0.3 is 0 Å². The fourth-order valence-corrected chi connectivity index (χ4v) is 3.59. The lowest BCUT2D eigenvalue weighted by Gasteiger charge is -2.29. The average Bonchev–Trinajstić information content (AvgIpc) is 2.46. The lowest BCUT2D eigenvalue weighted by atomic mass is 9.75. The molecular weight excluding hydrogens is 228 g/mol. The molecule has 0 aliphatic heterocycles. The first-order valence-corrected chi connectivity index (χ1v) is 7.56. The molecule has 0 atom stereocenters. The van der Waals surface area contributed by atoms with E-state index in [1.54, 1.807) is 33.4 Å². The number of rotatable bonds is 0. The molecule has 0 fully saturated rings. The largest absolute Gasteiger partial charge is 0.0683 e. The van der Waals surface area contributed by atoms with Gasteiger partial charge in [0, 0.05) is 0 Å². The van der Waals surface area contributed by atoms with Crippen LogP contribution in [0.2, 0.25) is 0 Å². The maximum absolute atomic E-state index is 2.39. The Bertz CT molecular complexity index is 573. The van der Waals surface area contributed by atoms with Crippen molar-refractivity contribution in [3.05, 3.63) is 58.1 Å². The van der Waals surface area contributed by atoms with Crippen molar-refractivity contribution in [1.29, 1.82) is 0 Å². The maximum Gasteiger partial charge on any atom is -0.0114 e. The van der Waals surface area contributed by atoms with Gasteiger partial charge in [0.25, 0.3) is 0 Å². The van der Waals surface area contributed by atoms with Crippen LogP contribution in [-0.2, 0) is 25.7 Å². The summed E-state index contributed by atoms with van der Waals surface area (Å²) in [4.78, 5) is 0. The molecule has 0 heteroatoms. The first kappa shape index (κ1) is 12.5. The molecule has 0 saturated carbocycles. The second-order valence-electron chi connectivity index (χ2n) is 5.41.